The molecule has 1 aromatic heterocycles. The Balaban J connectivity index is 1.41. The number of para-hydroxylation sites is 1. The molecule has 22 heavy (non-hydrogen) atoms. The van der Waals surface area contributed by atoms with Crippen molar-refractivity contribution in [3.63, 3.8) is 0 Å². The number of morpholine rings is 1. The van der Waals surface area contributed by atoms with Gasteiger partial charge in [0.1, 0.15) is 6.54 Å². The van der Waals surface area contributed by atoms with Gasteiger partial charge >= 0.3 is 0 Å². The zero-order valence-corrected chi connectivity index (χ0v) is 12.8. The number of nitrogens with one attached hydrogen (secondary N) is 1. The molecule has 1 saturated heterocycles. The van der Waals surface area contributed by atoms with Gasteiger partial charge in [0.2, 0.25) is 5.91 Å². The summed E-state index contributed by atoms with van der Waals surface area (Å²) >= 11 is 0. The van der Waals surface area contributed by atoms with Crippen LogP contribution < -0.4 is 5.32 Å². The molecule has 1 N–H and O–H groups in total. The van der Waals surface area contributed by atoms with Gasteiger partial charge in [0, 0.05) is 31.3 Å². The van der Waals surface area contributed by atoms with Crippen molar-refractivity contribution in [3.8, 4) is 0 Å². The fraction of sp³-hybridized carbons (Fsp3) is 0.471. The molecule has 0 spiro atoms. The first-order chi connectivity index (χ1) is 10.8. The maximum Gasteiger partial charge on any atom is 0.239 e. The topological polar surface area (TPSA) is 46.5 Å². The van der Waals surface area contributed by atoms with Crippen LogP contribution in [0.1, 0.15) is 6.42 Å². The number of aromatic nitrogens is 1. The largest absolute Gasteiger partial charge is 0.379 e. The van der Waals surface area contributed by atoms with Crippen molar-refractivity contribution in [2.24, 2.45) is 0 Å². The maximum absolute atomic E-state index is 12.0. The van der Waals surface area contributed by atoms with Crippen molar-refractivity contribution < 1.29 is 9.53 Å². The van der Waals surface area contributed by atoms with E-state index in [2.05, 4.69) is 16.3 Å². The Morgan fingerprint density at radius 2 is 2.00 bits per heavy atom. The summed E-state index contributed by atoms with van der Waals surface area (Å²) in [5.74, 6) is 0.0725. The molecule has 0 radical (unpaired) electrons. The van der Waals surface area contributed by atoms with Crippen molar-refractivity contribution in [1.82, 2.24) is 14.8 Å². The summed E-state index contributed by atoms with van der Waals surface area (Å²) in [6.45, 7) is 5.79. The van der Waals surface area contributed by atoms with Crippen molar-refractivity contribution in [3.05, 3.63) is 36.5 Å². The summed E-state index contributed by atoms with van der Waals surface area (Å²) in [6.07, 6.45) is 2.95. The van der Waals surface area contributed by atoms with Crippen molar-refractivity contribution in [2.45, 2.75) is 13.0 Å². The van der Waals surface area contributed by atoms with Crippen LogP contribution >= 0.6 is 0 Å². The zero-order chi connectivity index (χ0) is 15.2. The number of benzene rings is 1. The number of fused-ring (bicyclic) bond motifs is 1. The van der Waals surface area contributed by atoms with E-state index < -0.39 is 0 Å². The van der Waals surface area contributed by atoms with Crippen molar-refractivity contribution in [1.29, 1.82) is 0 Å². The van der Waals surface area contributed by atoms with Crippen LogP contribution in [0.4, 0.5) is 0 Å². The lowest BCUT2D eigenvalue weighted by atomic mass is 10.2. The molecule has 0 aliphatic carbocycles. The number of carbonyl (C=O) groups excluding carboxylic acids is 1. The lowest BCUT2D eigenvalue weighted by molar-refractivity contribution is -0.121. The third-order valence-electron chi connectivity index (χ3n) is 4.07. The van der Waals surface area contributed by atoms with E-state index >= 15 is 0 Å². The first-order valence-corrected chi connectivity index (χ1v) is 7.93. The number of ether oxygens (including phenoxy) is 1. The van der Waals surface area contributed by atoms with E-state index in [4.69, 9.17) is 4.74 Å². The van der Waals surface area contributed by atoms with Crippen LogP contribution in [0.15, 0.2) is 36.5 Å². The van der Waals surface area contributed by atoms with E-state index in [9.17, 15) is 4.79 Å². The molecule has 3 rings (SSSR count). The molecule has 1 aromatic carbocycles. The van der Waals surface area contributed by atoms with Crippen molar-refractivity contribution >= 4 is 16.8 Å². The minimum absolute atomic E-state index is 0.0725. The smallest absolute Gasteiger partial charge is 0.239 e. The lowest BCUT2D eigenvalue weighted by Crippen LogP contribution is -2.38. The summed E-state index contributed by atoms with van der Waals surface area (Å²) in [5, 5.41) is 4.18. The van der Waals surface area contributed by atoms with Gasteiger partial charge < -0.3 is 14.6 Å². The second kappa shape index (κ2) is 7.42. The number of hydrogen-bond acceptors (Lipinski definition) is 3. The van der Waals surface area contributed by atoms with Gasteiger partial charge in [-0.1, -0.05) is 18.2 Å². The SMILES string of the molecule is O=C(Cn1ccc2ccccc21)NCCCN1CCOCC1. The molecular formula is C17H23N3O2. The fourth-order valence-corrected chi connectivity index (χ4v) is 2.84. The van der Waals surface area contributed by atoms with Crippen LogP contribution in [-0.4, -0.2) is 54.8 Å². The Kier molecular flexibility index (Phi) is 5.08. The molecule has 2 heterocycles. The maximum atomic E-state index is 12.0. The Morgan fingerprint density at radius 3 is 2.86 bits per heavy atom. The highest BCUT2D eigenvalue weighted by Crippen LogP contribution is 2.14. The van der Waals surface area contributed by atoms with E-state index in [0.717, 1.165) is 51.3 Å². The molecule has 0 saturated carbocycles. The average Bonchev–Trinajstić information content (AvgIpc) is 2.96. The molecule has 5 nitrogen and oxygen atoms in total. The van der Waals surface area contributed by atoms with Gasteiger partial charge in [0.05, 0.1) is 13.2 Å². The number of amides is 1. The van der Waals surface area contributed by atoms with Gasteiger partial charge in [-0.25, -0.2) is 0 Å². The minimum Gasteiger partial charge on any atom is -0.379 e. The highest BCUT2D eigenvalue weighted by atomic mass is 16.5. The number of nitrogens with zero attached hydrogens (tertiary/aromatic N) is 2. The fourth-order valence-electron chi connectivity index (χ4n) is 2.84. The quantitative estimate of drug-likeness (QED) is 0.822. The molecule has 1 fully saturated rings. The predicted molar refractivity (Wildman–Crippen MR) is 86.8 cm³/mol. The molecule has 118 valence electrons. The third-order valence-corrected chi connectivity index (χ3v) is 4.07. The summed E-state index contributed by atoms with van der Waals surface area (Å²) in [5.41, 5.74) is 1.10. The van der Waals surface area contributed by atoms with E-state index in [0.29, 0.717) is 6.54 Å². The summed E-state index contributed by atoms with van der Waals surface area (Å²) in [6, 6.07) is 10.2. The molecular weight excluding hydrogens is 278 g/mol. The van der Waals surface area contributed by atoms with Gasteiger partial charge in [-0.3, -0.25) is 9.69 Å². The van der Waals surface area contributed by atoms with Crippen LogP contribution in [0.5, 0.6) is 0 Å². The van der Waals surface area contributed by atoms with Crippen molar-refractivity contribution in [2.75, 3.05) is 39.4 Å². The summed E-state index contributed by atoms with van der Waals surface area (Å²) in [7, 11) is 0. The second-order valence-corrected chi connectivity index (χ2v) is 5.66. The monoisotopic (exact) mass is 301 g/mol. The van der Waals surface area contributed by atoms with Gasteiger partial charge in [-0.15, -0.1) is 0 Å². The molecule has 5 heteroatoms. The number of hydrogen-bond donors (Lipinski definition) is 1. The molecule has 1 amide bonds. The predicted octanol–water partition coefficient (Wildman–Crippen LogP) is 1.48. The van der Waals surface area contributed by atoms with E-state index in [1.165, 1.54) is 5.39 Å². The Morgan fingerprint density at radius 1 is 1.18 bits per heavy atom. The van der Waals surface area contributed by atoms with Crippen LogP contribution in [0.2, 0.25) is 0 Å². The molecule has 1 aliphatic heterocycles. The Hall–Kier alpha value is -1.85. The standard InChI is InChI=1S/C17H23N3O2/c21-17(18-7-3-8-19-10-12-22-13-11-19)14-20-9-6-15-4-1-2-5-16(15)20/h1-2,4-6,9H,3,7-8,10-14H2,(H,18,21). The summed E-state index contributed by atoms with van der Waals surface area (Å²) < 4.78 is 7.32. The molecule has 1 aliphatic rings. The van der Waals surface area contributed by atoms with Crippen LogP contribution in [0, 0.1) is 0 Å². The molecule has 0 atom stereocenters. The van der Waals surface area contributed by atoms with Crippen LogP contribution in [-0.2, 0) is 16.1 Å². The van der Waals surface area contributed by atoms with E-state index in [1.54, 1.807) is 0 Å². The van der Waals surface area contributed by atoms with Gasteiger partial charge in [0.25, 0.3) is 0 Å². The first-order valence-electron chi connectivity index (χ1n) is 7.93. The Bertz CT molecular complexity index is 617. The number of rotatable bonds is 6. The van der Waals surface area contributed by atoms with Gasteiger partial charge in [0.15, 0.2) is 0 Å². The van der Waals surface area contributed by atoms with E-state index in [1.807, 2.05) is 35.0 Å². The molecule has 2 aromatic rings. The zero-order valence-electron chi connectivity index (χ0n) is 12.8. The summed E-state index contributed by atoms with van der Waals surface area (Å²) in [4.78, 5) is 14.4. The lowest BCUT2D eigenvalue weighted by Gasteiger charge is -2.26. The van der Waals surface area contributed by atoms with Gasteiger partial charge in [-0.05, 0) is 30.5 Å². The second-order valence-electron chi connectivity index (χ2n) is 5.66. The van der Waals surface area contributed by atoms with Gasteiger partial charge in [-0.2, -0.15) is 0 Å². The number of carbonyl (C=O) groups is 1. The molecule has 0 bridgehead atoms. The first kappa shape index (κ1) is 15.1. The van der Waals surface area contributed by atoms with E-state index in [-0.39, 0.29) is 5.91 Å². The normalized spacial score (nSPS) is 16.0. The average molecular weight is 301 g/mol. The highest BCUT2D eigenvalue weighted by molar-refractivity contribution is 5.83. The molecule has 0 unspecified atom stereocenters. The third kappa shape index (κ3) is 3.87. The minimum atomic E-state index is 0.0725. The van der Waals surface area contributed by atoms with Crippen LogP contribution in [0.25, 0.3) is 10.9 Å². The highest BCUT2D eigenvalue weighted by Gasteiger charge is 2.10. The Labute approximate surface area is 130 Å². The van der Waals surface area contributed by atoms with Crippen LogP contribution in [0.3, 0.4) is 0 Å².